The number of anilines is 1. The van der Waals surface area contributed by atoms with Gasteiger partial charge in [0.15, 0.2) is 0 Å². The van der Waals surface area contributed by atoms with Crippen LogP contribution in [0.2, 0.25) is 0 Å². The molecule has 6 nitrogen and oxygen atoms in total. The molecule has 1 aromatic heterocycles. The van der Waals surface area contributed by atoms with Gasteiger partial charge in [-0.3, -0.25) is 0 Å². The molecule has 1 unspecified atom stereocenters. The van der Waals surface area contributed by atoms with Crippen molar-refractivity contribution in [3.63, 3.8) is 0 Å². The molecule has 1 N–H and O–H groups in total. The van der Waals surface area contributed by atoms with Crippen molar-refractivity contribution in [2.45, 2.75) is 32.2 Å². The van der Waals surface area contributed by atoms with Crippen molar-refractivity contribution in [3.8, 4) is 5.69 Å². The van der Waals surface area contributed by atoms with Crippen molar-refractivity contribution in [1.82, 2.24) is 14.7 Å². The number of ether oxygens (including phenoxy) is 1. The van der Waals surface area contributed by atoms with E-state index in [0.717, 1.165) is 56.1 Å². The van der Waals surface area contributed by atoms with Crippen LogP contribution in [0, 0.1) is 12.8 Å². The molecule has 1 saturated carbocycles. The molecule has 1 aromatic carbocycles. The molecule has 25 heavy (non-hydrogen) atoms. The third kappa shape index (κ3) is 3.69. The summed E-state index contributed by atoms with van der Waals surface area (Å²) in [5.41, 5.74) is 2.56. The summed E-state index contributed by atoms with van der Waals surface area (Å²) in [6.45, 7) is 4.28. The van der Waals surface area contributed by atoms with Gasteiger partial charge in [-0.25, -0.2) is 9.48 Å². The Kier molecular flexibility index (Phi) is 4.44. The highest BCUT2D eigenvalue weighted by Gasteiger charge is 2.35. The maximum absolute atomic E-state index is 12.8. The predicted octanol–water partition coefficient (Wildman–Crippen LogP) is 3.21. The fraction of sp³-hybridized carbons (Fsp3) is 0.474. The normalized spacial score (nSPS) is 19.8. The molecule has 0 bridgehead atoms. The summed E-state index contributed by atoms with van der Waals surface area (Å²) in [6.07, 6.45) is 5.13. The zero-order chi connectivity index (χ0) is 17.2. The molecule has 1 aliphatic heterocycles. The average Bonchev–Trinajstić information content (AvgIpc) is 3.21. The van der Waals surface area contributed by atoms with Crippen LogP contribution in [0.4, 0.5) is 10.5 Å². The smallest absolute Gasteiger partial charge is 0.322 e. The second kappa shape index (κ2) is 6.88. The number of aromatic nitrogens is 2. The number of benzene rings is 1. The van der Waals surface area contributed by atoms with Crippen LogP contribution < -0.4 is 5.32 Å². The largest absolute Gasteiger partial charge is 0.381 e. The van der Waals surface area contributed by atoms with Crippen LogP contribution >= 0.6 is 0 Å². The lowest BCUT2D eigenvalue weighted by Crippen LogP contribution is -2.40. The molecule has 2 heterocycles. The Balaban J connectivity index is 1.46. The quantitative estimate of drug-likeness (QED) is 0.909. The standard InChI is InChI=1S/C19H24N4O2/c1-14-18(12-23(21-14)17-5-3-2-4-6-17)20-19(24)22(16-7-8-16)11-15-9-10-25-13-15/h2-6,12,15-16H,7-11,13H2,1H3,(H,20,24). The number of rotatable bonds is 5. The molecule has 2 amide bonds. The number of hydrogen-bond donors (Lipinski definition) is 1. The number of aryl methyl sites for hydroxylation is 1. The van der Waals surface area contributed by atoms with Gasteiger partial charge in [0.05, 0.1) is 29.9 Å². The molecule has 1 saturated heterocycles. The summed E-state index contributed by atoms with van der Waals surface area (Å²) in [6, 6.07) is 10.3. The molecular weight excluding hydrogens is 316 g/mol. The number of carbonyl (C=O) groups is 1. The van der Waals surface area contributed by atoms with E-state index in [1.807, 2.05) is 48.4 Å². The summed E-state index contributed by atoms with van der Waals surface area (Å²) in [4.78, 5) is 14.8. The highest BCUT2D eigenvalue weighted by molar-refractivity contribution is 5.90. The first kappa shape index (κ1) is 16.1. The monoisotopic (exact) mass is 340 g/mol. The number of carbonyl (C=O) groups excluding carboxylic acids is 1. The Bertz CT molecular complexity index is 733. The van der Waals surface area contributed by atoms with Crippen LogP contribution in [0.5, 0.6) is 0 Å². The lowest BCUT2D eigenvalue weighted by molar-refractivity contribution is 0.167. The van der Waals surface area contributed by atoms with Gasteiger partial charge < -0.3 is 15.0 Å². The fourth-order valence-corrected chi connectivity index (χ4v) is 3.27. The number of amides is 2. The summed E-state index contributed by atoms with van der Waals surface area (Å²) >= 11 is 0. The first-order chi connectivity index (χ1) is 12.2. The minimum atomic E-state index is -0.0230. The third-order valence-electron chi connectivity index (χ3n) is 4.89. The van der Waals surface area contributed by atoms with Crippen LogP contribution in [0.25, 0.3) is 5.69 Å². The predicted molar refractivity (Wildman–Crippen MR) is 96.0 cm³/mol. The Morgan fingerprint density at radius 2 is 2.12 bits per heavy atom. The molecule has 1 atom stereocenters. The van der Waals surface area contributed by atoms with Crippen molar-refractivity contribution in [1.29, 1.82) is 0 Å². The zero-order valence-electron chi connectivity index (χ0n) is 14.5. The average molecular weight is 340 g/mol. The molecule has 0 radical (unpaired) electrons. The zero-order valence-corrected chi connectivity index (χ0v) is 14.5. The molecule has 132 valence electrons. The summed E-state index contributed by atoms with van der Waals surface area (Å²) < 4.78 is 7.26. The van der Waals surface area contributed by atoms with Crippen LogP contribution in [-0.2, 0) is 4.74 Å². The Morgan fingerprint density at radius 3 is 2.80 bits per heavy atom. The third-order valence-corrected chi connectivity index (χ3v) is 4.89. The lowest BCUT2D eigenvalue weighted by Gasteiger charge is -2.25. The van der Waals surface area contributed by atoms with Crippen molar-refractivity contribution in [2.24, 2.45) is 5.92 Å². The Morgan fingerprint density at radius 1 is 1.32 bits per heavy atom. The molecule has 2 aliphatic rings. The van der Waals surface area contributed by atoms with E-state index in [9.17, 15) is 4.79 Å². The second-order valence-electron chi connectivity index (χ2n) is 6.95. The van der Waals surface area contributed by atoms with Gasteiger partial charge in [0.25, 0.3) is 0 Å². The minimum Gasteiger partial charge on any atom is -0.381 e. The van der Waals surface area contributed by atoms with Gasteiger partial charge in [-0.05, 0) is 38.3 Å². The highest BCUT2D eigenvalue weighted by atomic mass is 16.5. The number of hydrogen-bond acceptors (Lipinski definition) is 3. The van der Waals surface area contributed by atoms with Crippen molar-refractivity contribution in [3.05, 3.63) is 42.2 Å². The maximum atomic E-state index is 12.8. The topological polar surface area (TPSA) is 59.4 Å². The van der Waals surface area contributed by atoms with Crippen LogP contribution in [0.3, 0.4) is 0 Å². The van der Waals surface area contributed by atoms with Gasteiger partial charge in [-0.15, -0.1) is 0 Å². The van der Waals surface area contributed by atoms with Crippen LogP contribution in [0.15, 0.2) is 36.5 Å². The van der Waals surface area contributed by atoms with E-state index < -0.39 is 0 Å². The van der Waals surface area contributed by atoms with Gasteiger partial charge in [-0.1, -0.05) is 18.2 Å². The number of nitrogens with one attached hydrogen (secondary N) is 1. The van der Waals surface area contributed by atoms with Crippen molar-refractivity contribution >= 4 is 11.7 Å². The molecule has 6 heteroatoms. The fourth-order valence-electron chi connectivity index (χ4n) is 3.27. The van der Waals surface area contributed by atoms with Gasteiger partial charge in [0, 0.05) is 25.1 Å². The first-order valence-corrected chi connectivity index (χ1v) is 8.98. The second-order valence-corrected chi connectivity index (χ2v) is 6.95. The van der Waals surface area contributed by atoms with E-state index in [-0.39, 0.29) is 6.03 Å². The van der Waals surface area contributed by atoms with E-state index in [2.05, 4.69) is 10.4 Å². The first-order valence-electron chi connectivity index (χ1n) is 8.98. The lowest BCUT2D eigenvalue weighted by atomic mass is 10.1. The molecule has 4 rings (SSSR count). The maximum Gasteiger partial charge on any atom is 0.322 e. The van der Waals surface area contributed by atoms with E-state index in [0.29, 0.717) is 12.0 Å². The number of urea groups is 1. The van der Waals surface area contributed by atoms with E-state index in [1.165, 1.54) is 0 Å². The minimum absolute atomic E-state index is 0.0230. The van der Waals surface area contributed by atoms with Gasteiger partial charge in [-0.2, -0.15) is 5.10 Å². The van der Waals surface area contributed by atoms with E-state index in [1.54, 1.807) is 4.68 Å². The van der Waals surface area contributed by atoms with Crippen molar-refractivity contribution < 1.29 is 9.53 Å². The Labute approximate surface area is 147 Å². The van der Waals surface area contributed by atoms with Crippen LogP contribution in [0.1, 0.15) is 25.0 Å². The molecule has 0 spiro atoms. The molecule has 2 aromatic rings. The van der Waals surface area contributed by atoms with Gasteiger partial charge in [0.2, 0.25) is 0 Å². The highest BCUT2D eigenvalue weighted by Crippen LogP contribution is 2.30. The SMILES string of the molecule is Cc1nn(-c2ccccc2)cc1NC(=O)N(CC1CCOC1)C1CC1. The van der Waals surface area contributed by atoms with E-state index in [4.69, 9.17) is 4.74 Å². The van der Waals surface area contributed by atoms with Crippen molar-refractivity contribution in [2.75, 3.05) is 25.1 Å². The van der Waals surface area contributed by atoms with Crippen LogP contribution in [-0.4, -0.2) is 46.5 Å². The molecule has 2 fully saturated rings. The number of nitrogens with zero attached hydrogens (tertiary/aromatic N) is 3. The van der Waals surface area contributed by atoms with Gasteiger partial charge in [0.1, 0.15) is 0 Å². The Hall–Kier alpha value is -2.34. The molecule has 1 aliphatic carbocycles. The van der Waals surface area contributed by atoms with E-state index >= 15 is 0 Å². The summed E-state index contributed by atoms with van der Waals surface area (Å²) in [5, 5.41) is 7.58. The summed E-state index contributed by atoms with van der Waals surface area (Å²) in [5.74, 6) is 0.458. The number of para-hydroxylation sites is 1. The molecular formula is C19H24N4O2. The van der Waals surface area contributed by atoms with Gasteiger partial charge >= 0.3 is 6.03 Å². The summed E-state index contributed by atoms with van der Waals surface area (Å²) in [7, 11) is 0.